The highest BCUT2D eigenvalue weighted by molar-refractivity contribution is 7.88. The van der Waals surface area contributed by atoms with Gasteiger partial charge in [0.25, 0.3) is 0 Å². The third-order valence-electron chi connectivity index (χ3n) is 5.20. The third-order valence-corrected chi connectivity index (χ3v) is 6.43. The lowest BCUT2D eigenvalue weighted by Crippen LogP contribution is -2.25. The summed E-state index contributed by atoms with van der Waals surface area (Å²) in [5.41, 5.74) is 3.88. The zero-order valence-electron chi connectivity index (χ0n) is 16.7. The SMILES string of the molecule is CC(c1cnc2c(C(=O)CCl)c[nH]c2c1)C(CCNS(C)(=O)=O)c1ccc(Cl)cc1. The monoisotopic (exact) mass is 467 g/mol. The number of Topliss-reactive ketones (excluding diaryl/α,β-unsaturated/α-hetero) is 1. The van der Waals surface area contributed by atoms with Crippen LogP contribution in [0.2, 0.25) is 5.02 Å². The van der Waals surface area contributed by atoms with Gasteiger partial charge in [-0.1, -0.05) is 30.7 Å². The van der Waals surface area contributed by atoms with E-state index in [1.54, 1.807) is 12.4 Å². The molecule has 0 bridgehead atoms. The number of hydrogen-bond acceptors (Lipinski definition) is 4. The Labute approximate surface area is 186 Å². The Hall–Kier alpha value is -1.93. The summed E-state index contributed by atoms with van der Waals surface area (Å²) in [6.07, 6.45) is 5.15. The maximum atomic E-state index is 12.0. The van der Waals surface area contributed by atoms with Gasteiger partial charge >= 0.3 is 0 Å². The van der Waals surface area contributed by atoms with Gasteiger partial charge in [-0.05, 0) is 47.6 Å². The zero-order valence-corrected chi connectivity index (χ0v) is 19.0. The van der Waals surface area contributed by atoms with E-state index in [-0.39, 0.29) is 23.5 Å². The van der Waals surface area contributed by atoms with E-state index < -0.39 is 10.0 Å². The Balaban J connectivity index is 1.91. The molecule has 0 amide bonds. The van der Waals surface area contributed by atoms with Crippen molar-refractivity contribution in [2.24, 2.45) is 0 Å². The number of benzene rings is 1. The minimum atomic E-state index is -3.27. The van der Waals surface area contributed by atoms with Crippen LogP contribution in [0, 0.1) is 0 Å². The number of fused-ring (bicyclic) bond motifs is 1. The molecule has 2 N–H and O–H groups in total. The Morgan fingerprint density at radius 3 is 2.57 bits per heavy atom. The second-order valence-corrected chi connectivity index (χ2v) is 9.86. The van der Waals surface area contributed by atoms with Crippen LogP contribution in [-0.2, 0) is 10.0 Å². The highest BCUT2D eigenvalue weighted by Crippen LogP contribution is 2.36. The number of sulfonamides is 1. The number of pyridine rings is 1. The van der Waals surface area contributed by atoms with Gasteiger partial charge in [-0.15, -0.1) is 11.6 Å². The molecule has 0 spiro atoms. The Morgan fingerprint density at radius 1 is 1.23 bits per heavy atom. The number of rotatable bonds is 9. The van der Waals surface area contributed by atoms with Crippen molar-refractivity contribution in [1.29, 1.82) is 0 Å². The van der Waals surface area contributed by atoms with Crippen molar-refractivity contribution in [1.82, 2.24) is 14.7 Å². The van der Waals surface area contributed by atoms with E-state index in [0.717, 1.165) is 22.9 Å². The fourth-order valence-electron chi connectivity index (χ4n) is 3.60. The summed E-state index contributed by atoms with van der Waals surface area (Å²) in [6, 6.07) is 9.56. The largest absolute Gasteiger partial charge is 0.359 e. The number of nitrogens with one attached hydrogen (secondary N) is 2. The first-order valence-electron chi connectivity index (χ1n) is 9.46. The normalized spacial score (nSPS) is 14.0. The standard InChI is InChI=1S/C21H23Cl2N3O3S/c1-13(15-9-19-21(25-11-15)18(12-24-19)20(27)10-22)17(7-8-26-30(2,28)29)14-3-5-16(23)6-4-14/h3-6,9,11-13,17,24,26H,7-8,10H2,1-2H3. The molecule has 9 heteroatoms. The first-order valence-corrected chi connectivity index (χ1v) is 12.3. The molecule has 2 atom stereocenters. The van der Waals surface area contributed by atoms with E-state index in [1.165, 1.54) is 0 Å². The molecule has 0 saturated heterocycles. The summed E-state index contributed by atoms with van der Waals surface area (Å²) in [4.78, 5) is 19.6. The van der Waals surface area contributed by atoms with Gasteiger partial charge in [0.15, 0.2) is 5.78 Å². The zero-order chi connectivity index (χ0) is 21.9. The van der Waals surface area contributed by atoms with E-state index in [9.17, 15) is 13.2 Å². The maximum absolute atomic E-state index is 12.0. The molecule has 0 aliphatic rings. The van der Waals surface area contributed by atoms with Crippen molar-refractivity contribution in [2.75, 3.05) is 18.7 Å². The van der Waals surface area contributed by atoms with Gasteiger partial charge in [-0.3, -0.25) is 9.78 Å². The highest BCUT2D eigenvalue weighted by atomic mass is 35.5. The first-order chi connectivity index (χ1) is 14.2. The summed E-state index contributed by atoms with van der Waals surface area (Å²) in [6.45, 7) is 2.40. The summed E-state index contributed by atoms with van der Waals surface area (Å²) < 4.78 is 25.5. The Kier molecular flexibility index (Phi) is 7.18. The summed E-state index contributed by atoms with van der Waals surface area (Å²) in [5, 5.41) is 0.644. The van der Waals surface area contributed by atoms with Gasteiger partial charge in [-0.2, -0.15) is 0 Å². The number of aromatic amines is 1. The number of H-pyrrole nitrogens is 1. The molecule has 0 radical (unpaired) electrons. The second-order valence-electron chi connectivity index (χ2n) is 7.33. The number of aromatic nitrogens is 2. The number of carbonyl (C=O) groups excluding carboxylic acids is 1. The van der Waals surface area contributed by atoms with E-state index in [0.29, 0.717) is 29.1 Å². The lowest BCUT2D eigenvalue weighted by atomic mass is 9.81. The van der Waals surface area contributed by atoms with Crippen molar-refractivity contribution < 1.29 is 13.2 Å². The molecule has 30 heavy (non-hydrogen) atoms. The van der Waals surface area contributed by atoms with Crippen LogP contribution >= 0.6 is 23.2 Å². The van der Waals surface area contributed by atoms with Crippen LogP contribution in [0.4, 0.5) is 0 Å². The molecule has 0 fully saturated rings. The number of halogens is 2. The molecule has 0 aliphatic carbocycles. The highest BCUT2D eigenvalue weighted by Gasteiger charge is 2.23. The van der Waals surface area contributed by atoms with Crippen molar-refractivity contribution in [2.45, 2.75) is 25.2 Å². The molecule has 0 saturated carbocycles. The van der Waals surface area contributed by atoms with E-state index in [2.05, 4.69) is 21.6 Å². The molecule has 3 aromatic rings. The third kappa shape index (κ3) is 5.40. The lowest BCUT2D eigenvalue weighted by molar-refractivity contribution is 0.102. The molecule has 1 aromatic carbocycles. The van der Waals surface area contributed by atoms with Crippen molar-refractivity contribution in [3.63, 3.8) is 0 Å². The summed E-state index contributed by atoms with van der Waals surface area (Å²) in [5.74, 6) is -0.199. The quantitative estimate of drug-likeness (QED) is 0.358. The van der Waals surface area contributed by atoms with E-state index >= 15 is 0 Å². The number of carbonyl (C=O) groups is 1. The average Bonchev–Trinajstić information content (AvgIpc) is 3.13. The number of nitrogens with zero attached hydrogens (tertiary/aromatic N) is 1. The summed E-state index contributed by atoms with van der Waals surface area (Å²) >= 11 is 11.7. The first kappa shape index (κ1) is 22.7. The lowest BCUT2D eigenvalue weighted by Gasteiger charge is -2.25. The maximum Gasteiger partial charge on any atom is 0.208 e. The molecule has 2 heterocycles. The van der Waals surface area contributed by atoms with Gasteiger partial charge in [0.1, 0.15) is 0 Å². The van der Waals surface area contributed by atoms with Gasteiger partial charge in [-0.25, -0.2) is 13.1 Å². The molecule has 3 rings (SSSR count). The van der Waals surface area contributed by atoms with Gasteiger partial charge in [0.05, 0.1) is 28.7 Å². The number of alkyl halides is 1. The molecule has 6 nitrogen and oxygen atoms in total. The van der Waals surface area contributed by atoms with Crippen LogP contribution in [0.15, 0.2) is 42.7 Å². The van der Waals surface area contributed by atoms with E-state index in [1.807, 2.05) is 30.3 Å². The smallest absolute Gasteiger partial charge is 0.208 e. The van der Waals surface area contributed by atoms with Gasteiger partial charge in [0.2, 0.25) is 10.0 Å². The van der Waals surface area contributed by atoms with E-state index in [4.69, 9.17) is 23.2 Å². The second kappa shape index (κ2) is 9.47. The van der Waals surface area contributed by atoms with Crippen LogP contribution in [0.1, 0.15) is 46.7 Å². The molecule has 0 aliphatic heterocycles. The van der Waals surface area contributed by atoms with Crippen LogP contribution in [0.25, 0.3) is 11.0 Å². The molecule has 2 unspecified atom stereocenters. The fourth-order valence-corrected chi connectivity index (χ4v) is 4.36. The minimum absolute atomic E-state index is 0.0367. The van der Waals surface area contributed by atoms with Gasteiger partial charge in [0, 0.05) is 24.0 Å². The molecule has 160 valence electrons. The Morgan fingerprint density at radius 2 is 1.93 bits per heavy atom. The topological polar surface area (TPSA) is 91.9 Å². The average molecular weight is 468 g/mol. The van der Waals surface area contributed by atoms with Crippen LogP contribution in [0.3, 0.4) is 0 Å². The predicted molar refractivity (Wildman–Crippen MR) is 121 cm³/mol. The number of hydrogen-bond donors (Lipinski definition) is 2. The van der Waals surface area contributed by atoms with Crippen LogP contribution in [0.5, 0.6) is 0 Å². The molecule has 2 aromatic heterocycles. The summed E-state index contributed by atoms with van der Waals surface area (Å²) in [7, 11) is -3.27. The van der Waals surface area contributed by atoms with Crippen LogP contribution in [-0.4, -0.2) is 42.8 Å². The molecular weight excluding hydrogens is 445 g/mol. The van der Waals surface area contributed by atoms with Crippen molar-refractivity contribution in [3.8, 4) is 0 Å². The fraction of sp³-hybridized carbons (Fsp3) is 0.333. The van der Waals surface area contributed by atoms with Gasteiger partial charge < -0.3 is 4.98 Å². The molecular formula is C21H23Cl2N3O3S. The minimum Gasteiger partial charge on any atom is -0.359 e. The van der Waals surface area contributed by atoms with Crippen molar-refractivity contribution in [3.05, 3.63) is 64.4 Å². The van der Waals surface area contributed by atoms with Crippen molar-refractivity contribution >= 4 is 50.0 Å². The van der Waals surface area contributed by atoms with Crippen LogP contribution < -0.4 is 4.72 Å². The predicted octanol–water partition coefficient (Wildman–Crippen LogP) is 4.46. The number of ketones is 1. The Bertz CT molecular complexity index is 1140.